The summed E-state index contributed by atoms with van der Waals surface area (Å²) in [6.07, 6.45) is 0. The van der Waals surface area contributed by atoms with E-state index in [1.807, 2.05) is 0 Å². The summed E-state index contributed by atoms with van der Waals surface area (Å²) in [5.74, 6) is 0. The molecule has 126 valence electrons. The van der Waals surface area contributed by atoms with Crippen LogP contribution in [0.25, 0.3) is 33.4 Å². The van der Waals surface area contributed by atoms with E-state index < -0.39 is 0 Å². The summed E-state index contributed by atoms with van der Waals surface area (Å²) in [6, 6.07) is 34.6. The lowest BCUT2D eigenvalue weighted by molar-refractivity contribution is 1.38. The number of hydrogen-bond acceptors (Lipinski definition) is 0. The zero-order valence-corrected chi connectivity index (χ0v) is 15.2. The van der Waals surface area contributed by atoms with Crippen molar-refractivity contribution in [1.29, 1.82) is 0 Å². The molecule has 4 aromatic rings. The Hall–Kier alpha value is -3.12. The van der Waals surface area contributed by atoms with Crippen LogP contribution in [0.2, 0.25) is 0 Å². The summed E-state index contributed by atoms with van der Waals surface area (Å²) in [7, 11) is 0. The van der Waals surface area contributed by atoms with Gasteiger partial charge < -0.3 is 0 Å². The van der Waals surface area contributed by atoms with Crippen molar-refractivity contribution in [2.24, 2.45) is 0 Å². The molecular weight excluding hydrogens is 312 g/mol. The average Bonchev–Trinajstić information content (AvgIpc) is 2.69. The lowest BCUT2D eigenvalue weighted by atomic mass is 9.87. The van der Waals surface area contributed by atoms with Crippen molar-refractivity contribution >= 4 is 0 Å². The van der Waals surface area contributed by atoms with Gasteiger partial charge in [0.25, 0.3) is 0 Å². The van der Waals surface area contributed by atoms with Crippen molar-refractivity contribution in [3.8, 4) is 33.4 Å². The van der Waals surface area contributed by atoms with Gasteiger partial charge in [-0.2, -0.15) is 0 Å². The molecule has 0 N–H and O–H groups in total. The van der Waals surface area contributed by atoms with E-state index in [1.54, 1.807) is 0 Å². The second kappa shape index (κ2) is 7.01. The Labute approximate surface area is 155 Å². The maximum Gasteiger partial charge on any atom is -0.00990 e. The Balaban J connectivity index is 1.98. The van der Waals surface area contributed by atoms with Crippen LogP contribution in [0.5, 0.6) is 0 Å². The highest BCUT2D eigenvalue weighted by Gasteiger charge is 2.14. The highest BCUT2D eigenvalue weighted by Crippen LogP contribution is 2.39. The van der Waals surface area contributed by atoms with E-state index in [0.29, 0.717) is 0 Å². The van der Waals surface area contributed by atoms with Crippen molar-refractivity contribution in [1.82, 2.24) is 0 Å². The molecular formula is C26H22. The van der Waals surface area contributed by atoms with Crippen molar-refractivity contribution in [2.75, 3.05) is 0 Å². The monoisotopic (exact) mass is 334 g/mol. The second-order valence-corrected chi connectivity index (χ2v) is 6.72. The van der Waals surface area contributed by atoms with Gasteiger partial charge in [-0.1, -0.05) is 97.1 Å². The minimum Gasteiger partial charge on any atom is -0.0622 e. The first kappa shape index (κ1) is 16.4. The SMILES string of the molecule is Cc1cccc(C)c1-c1ccccc1-c1ccccc1-c1ccccc1. The third-order valence-electron chi connectivity index (χ3n) is 4.98. The lowest BCUT2D eigenvalue weighted by Crippen LogP contribution is -1.92. The van der Waals surface area contributed by atoms with Crippen molar-refractivity contribution < 1.29 is 0 Å². The van der Waals surface area contributed by atoms with Gasteiger partial charge in [0.05, 0.1) is 0 Å². The molecule has 0 spiro atoms. The van der Waals surface area contributed by atoms with Gasteiger partial charge in [-0.05, 0) is 58.4 Å². The molecule has 0 aromatic heterocycles. The maximum atomic E-state index is 2.24. The molecule has 26 heavy (non-hydrogen) atoms. The number of rotatable bonds is 3. The van der Waals surface area contributed by atoms with Crippen LogP contribution in [0.4, 0.5) is 0 Å². The molecule has 4 rings (SSSR count). The van der Waals surface area contributed by atoms with Gasteiger partial charge in [0.2, 0.25) is 0 Å². The van der Waals surface area contributed by atoms with Crippen LogP contribution in [0.1, 0.15) is 11.1 Å². The van der Waals surface area contributed by atoms with Gasteiger partial charge in [-0.3, -0.25) is 0 Å². The first-order valence-corrected chi connectivity index (χ1v) is 9.06. The van der Waals surface area contributed by atoms with Crippen LogP contribution < -0.4 is 0 Å². The van der Waals surface area contributed by atoms with Crippen LogP contribution in [0.3, 0.4) is 0 Å². The third-order valence-corrected chi connectivity index (χ3v) is 4.98. The molecule has 0 nitrogen and oxygen atoms in total. The summed E-state index contributed by atoms with van der Waals surface area (Å²) in [4.78, 5) is 0. The quantitative estimate of drug-likeness (QED) is 0.368. The third kappa shape index (κ3) is 2.95. The van der Waals surface area contributed by atoms with Crippen LogP contribution in [-0.2, 0) is 0 Å². The maximum absolute atomic E-state index is 2.24. The van der Waals surface area contributed by atoms with Crippen LogP contribution in [0.15, 0.2) is 97.1 Å². The van der Waals surface area contributed by atoms with Crippen molar-refractivity contribution in [3.63, 3.8) is 0 Å². The van der Waals surface area contributed by atoms with E-state index in [0.717, 1.165) is 0 Å². The molecule has 0 heterocycles. The van der Waals surface area contributed by atoms with Gasteiger partial charge in [0.1, 0.15) is 0 Å². The molecule has 0 aliphatic heterocycles. The van der Waals surface area contributed by atoms with E-state index in [4.69, 9.17) is 0 Å². The summed E-state index contributed by atoms with van der Waals surface area (Å²) >= 11 is 0. The first-order chi connectivity index (χ1) is 12.8. The zero-order valence-electron chi connectivity index (χ0n) is 15.2. The van der Waals surface area contributed by atoms with E-state index in [-0.39, 0.29) is 0 Å². The van der Waals surface area contributed by atoms with Gasteiger partial charge in [-0.15, -0.1) is 0 Å². The van der Waals surface area contributed by atoms with E-state index in [1.165, 1.54) is 44.5 Å². The van der Waals surface area contributed by atoms with Crippen molar-refractivity contribution in [2.45, 2.75) is 13.8 Å². The molecule has 4 aromatic carbocycles. The molecule has 0 unspecified atom stereocenters. The summed E-state index contributed by atoms with van der Waals surface area (Å²) < 4.78 is 0. The molecule has 0 aliphatic carbocycles. The predicted molar refractivity (Wildman–Crippen MR) is 112 cm³/mol. The number of hydrogen-bond donors (Lipinski definition) is 0. The van der Waals surface area contributed by atoms with Crippen LogP contribution in [-0.4, -0.2) is 0 Å². The smallest absolute Gasteiger partial charge is 0.00990 e. The number of benzene rings is 4. The zero-order chi connectivity index (χ0) is 17.9. The Morgan fingerprint density at radius 1 is 0.385 bits per heavy atom. The predicted octanol–water partition coefficient (Wildman–Crippen LogP) is 7.30. The highest BCUT2D eigenvalue weighted by atomic mass is 14.2. The fourth-order valence-corrected chi connectivity index (χ4v) is 3.76. The lowest BCUT2D eigenvalue weighted by Gasteiger charge is -2.17. The largest absolute Gasteiger partial charge is 0.0622 e. The Morgan fingerprint density at radius 3 is 1.46 bits per heavy atom. The standard InChI is InChI=1S/C26H22/c1-19-11-10-12-20(2)26(19)25-18-9-8-17-24(25)23-16-7-6-15-22(23)21-13-4-3-5-14-21/h3-18H,1-2H3. The topological polar surface area (TPSA) is 0 Å². The van der Waals surface area contributed by atoms with Crippen LogP contribution >= 0.6 is 0 Å². The van der Waals surface area contributed by atoms with Crippen LogP contribution in [0, 0.1) is 13.8 Å². The Bertz CT molecular complexity index is 1020. The first-order valence-electron chi connectivity index (χ1n) is 9.06. The second-order valence-electron chi connectivity index (χ2n) is 6.72. The van der Waals surface area contributed by atoms with Crippen molar-refractivity contribution in [3.05, 3.63) is 108 Å². The Kier molecular flexibility index (Phi) is 4.41. The molecule has 0 aliphatic rings. The molecule has 0 fully saturated rings. The van der Waals surface area contributed by atoms with E-state index in [9.17, 15) is 0 Å². The molecule has 0 atom stereocenters. The molecule has 0 heteroatoms. The average molecular weight is 334 g/mol. The van der Waals surface area contributed by atoms with Gasteiger partial charge in [0.15, 0.2) is 0 Å². The minimum atomic E-state index is 1.25. The minimum absolute atomic E-state index is 1.25. The normalized spacial score (nSPS) is 10.7. The van der Waals surface area contributed by atoms with E-state index in [2.05, 4.69) is 111 Å². The summed E-state index contributed by atoms with van der Waals surface area (Å²) in [5, 5.41) is 0. The van der Waals surface area contributed by atoms with E-state index >= 15 is 0 Å². The molecule has 0 saturated carbocycles. The van der Waals surface area contributed by atoms with Gasteiger partial charge in [0, 0.05) is 0 Å². The number of aryl methyl sites for hydroxylation is 2. The fraction of sp³-hybridized carbons (Fsp3) is 0.0769. The molecule has 0 amide bonds. The van der Waals surface area contributed by atoms with Gasteiger partial charge >= 0.3 is 0 Å². The summed E-state index contributed by atoms with van der Waals surface area (Å²) in [5.41, 5.74) is 10.3. The van der Waals surface area contributed by atoms with Gasteiger partial charge in [-0.25, -0.2) is 0 Å². The fourth-order valence-electron chi connectivity index (χ4n) is 3.76. The highest BCUT2D eigenvalue weighted by molar-refractivity contribution is 5.92. The summed E-state index contributed by atoms with van der Waals surface area (Å²) in [6.45, 7) is 4.39. The molecule has 0 saturated heterocycles. The molecule has 0 radical (unpaired) electrons. The molecule has 0 bridgehead atoms. The Morgan fingerprint density at radius 2 is 0.846 bits per heavy atom.